The van der Waals surface area contributed by atoms with Crippen LogP contribution in [-0.2, 0) is 0 Å². The largest absolute Gasteiger partial charge is 0.390 e. The Balaban J connectivity index is 2.02. The van der Waals surface area contributed by atoms with Gasteiger partial charge in [0.05, 0.1) is 6.10 Å². The molecule has 2 unspecified atom stereocenters. The molecule has 0 aromatic rings. The van der Waals surface area contributed by atoms with E-state index in [0.29, 0.717) is 0 Å². The van der Waals surface area contributed by atoms with Crippen LogP contribution in [-0.4, -0.2) is 60.3 Å². The van der Waals surface area contributed by atoms with Crippen molar-refractivity contribution in [1.82, 2.24) is 10.2 Å². The molecule has 0 bridgehead atoms. The van der Waals surface area contributed by atoms with Crippen molar-refractivity contribution in [2.45, 2.75) is 26.4 Å². The SMILES string of the molecule is CCN(CC)CC(O)CNCC1CCSC1. The van der Waals surface area contributed by atoms with Gasteiger partial charge in [0, 0.05) is 13.1 Å². The number of aliphatic hydroxyl groups is 1. The number of hydrogen-bond donors (Lipinski definition) is 2. The highest BCUT2D eigenvalue weighted by Crippen LogP contribution is 2.22. The average molecular weight is 246 g/mol. The maximum atomic E-state index is 9.85. The second kappa shape index (κ2) is 8.34. The Labute approximate surface area is 104 Å². The van der Waals surface area contributed by atoms with E-state index in [0.717, 1.165) is 38.6 Å². The highest BCUT2D eigenvalue weighted by Gasteiger charge is 2.15. The normalized spacial score (nSPS) is 22.9. The van der Waals surface area contributed by atoms with Gasteiger partial charge in [-0.3, -0.25) is 0 Å². The van der Waals surface area contributed by atoms with Crippen LogP contribution in [0.3, 0.4) is 0 Å². The van der Waals surface area contributed by atoms with Crippen LogP contribution in [0, 0.1) is 5.92 Å². The molecule has 0 radical (unpaired) electrons. The minimum absolute atomic E-state index is 0.228. The highest BCUT2D eigenvalue weighted by molar-refractivity contribution is 7.99. The Morgan fingerprint density at radius 1 is 1.44 bits per heavy atom. The third-order valence-electron chi connectivity index (χ3n) is 3.20. The van der Waals surface area contributed by atoms with Crippen LogP contribution in [0.1, 0.15) is 20.3 Å². The van der Waals surface area contributed by atoms with Crippen molar-refractivity contribution in [2.75, 3.05) is 44.2 Å². The van der Waals surface area contributed by atoms with Crippen molar-refractivity contribution >= 4 is 11.8 Å². The number of rotatable bonds is 8. The molecule has 4 heteroatoms. The van der Waals surface area contributed by atoms with E-state index in [2.05, 4.69) is 24.1 Å². The number of nitrogens with zero attached hydrogens (tertiary/aromatic N) is 1. The van der Waals surface area contributed by atoms with Crippen LogP contribution in [0.15, 0.2) is 0 Å². The molecule has 0 amide bonds. The molecule has 1 rings (SSSR count). The Kier molecular flexibility index (Phi) is 7.45. The van der Waals surface area contributed by atoms with Crippen molar-refractivity contribution in [3.05, 3.63) is 0 Å². The molecule has 0 spiro atoms. The molecule has 1 heterocycles. The van der Waals surface area contributed by atoms with Crippen LogP contribution >= 0.6 is 11.8 Å². The van der Waals surface area contributed by atoms with Crippen LogP contribution in [0.25, 0.3) is 0 Å². The maximum Gasteiger partial charge on any atom is 0.0791 e. The first-order valence-corrected chi connectivity index (χ1v) is 7.60. The topological polar surface area (TPSA) is 35.5 Å². The third kappa shape index (κ3) is 5.53. The summed E-state index contributed by atoms with van der Waals surface area (Å²) in [4.78, 5) is 2.26. The van der Waals surface area contributed by atoms with Crippen molar-refractivity contribution in [1.29, 1.82) is 0 Å². The number of likely N-dealkylation sites (N-methyl/N-ethyl adjacent to an activating group) is 1. The molecule has 1 saturated heterocycles. The molecule has 0 aromatic carbocycles. The summed E-state index contributed by atoms with van der Waals surface area (Å²) in [6.45, 7) is 8.91. The first kappa shape index (κ1) is 14.3. The van der Waals surface area contributed by atoms with Gasteiger partial charge in [0.1, 0.15) is 0 Å². The summed E-state index contributed by atoms with van der Waals surface area (Å²) in [5, 5.41) is 13.2. The molecule has 2 N–H and O–H groups in total. The Morgan fingerprint density at radius 3 is 2.75 bits per heavy atom. The van der Waals surface area contributed by atoms with E-state index in [1.807, 2.05) is 11.8 Å². The zero-order chi connectivity index (χ0) is 11.8. The number of aliphatic hydroxyl groups excluding tert-OH is 1. The zero-order valence-electron chi connectivity index (χ0n) is 10.6. The predicted octanol–water partition coefficient (Wildman–Crippen LogP) is 1.03. The van der Waals surface area contributed by atoms with Gasteiger partial charge in [0.15, 0.2) is 0 Å². The second-order valence-corrected chi connectivity index (χ2v) is 5.68. The average Bonchev–Trinajstić information content (AvgIpc) is 2.79. The Hall–Kier alpha value is 0.230. The smallest absolute Gasteiger partial charge is 0.0791 e. The van der Waals surface area contributed by atoms with E-state index in [9.17, 15) is 5.11 Å². The summed E-state index contributed by atoms with van der Waals surface area (Å²) in [6, 6.07) is 0. The summed E-state index contributed by atoms with van der Waals surface area (Å²) in [7, 11) is 0. The van der Waals surface area contributed by atoms with Crippen LogP contribution in [0.2, 0.25) is 0 Å². The fraction of sp³-hybridized carbons (Fsp3) is 1.00. The first-order valence-electron chi connectivity index (χ1n) is 6.45. The van der Waals surface area contributed by atoms with E-state index < -0.39 is 0 Å². The number of nitrogens with one attached hydrogen (secondary N) is 1. The lowest BCUT2D eigenvalue weighted by Gasteiger charge is -2.22. The molecule has 1 aliphatic heterocycles. The van der Waals surface area contributed by atoms with Gasteiger partial charge in [0.25, 0.3) is 0 Å². The quantitative estimate of drug-likeness (QED) is 0.671. The highest BCUT2D eigenvalue weighted by atomic mass is 32.2. The van der Waals surface area contributed by atoms with E-state index >= 15 is 0 Å². The summed E-state index contributed by atoms with van der Waals surface area (Å²) < 4.78 is 0. The third-order valence-corrected chi connectivity index (χ3v) is 4.43. The first-order chi connectivity index (χ1) is 7.76. The molecule has 3 nitrogen and oxygen atoms in total. The lowest BCUT2D eigenvalue weighted by Crippen LogP contribution is -2.39. The summed E-state index contributed by atoms with van der Waals surface area (Å²) in [6.07, 6.45) is 1.11. The van der Waals surface area contributed by atoms with E-state index in [1.54, 1.807) is 0 Å². The van der Waals surface area contributed by atoms with Gasteiger partial charge in [0.2, 0.25) is 0 Å². The molecular weight excluding hydrogens is 220 g/mol. The molecule has 2 atom stereocenters. The molecule has 1 fully saturated rings. The van der Waals surface area contributed by atoms with Gasteiger partial charge in [-0.05, 0) is 43.5 Å². The molecule has 1 aliphatic rings. The summed E-state index contributed by atoms with van der Waals surface area (Å²) in [5.74, 6) is 3.43. The van der Waals surface area contributed by atoms with E-state index in [4.69, 9.17) is 0 Å². The molecule has 16 heavy (non-hydrogen) atoms. The van der Waals surface area contributed by atoms with Crippen LogP contribution in [0.4, 0.5) is 0 Å². The van der Waals surface area contributed by atoms with Crippen molar-refractivity contribution in [3.8, 4) is 0 Å². The molecule has 96 valence electrons. The van der Waals surface area contributed by atoms with Gasteiger partial charge in [-0.15, -0.1) is 0 Å². The number of thioether (sulfide) groups is 1. The molecule has 0 saturated carbocycles. The van der Waals surface area contributed by atoms with Gasteiger partial charge in [-0.2, -0.15) is 11.8 Å². The van der Waals surface area contributed by atoms with Gasteiger partial charge in [-0.25, -0.2) is 0 Å². The van der Waals surface area contributed by atoms with Crippen molar-refractivity contribution < 1.29 is 5.11 Å². The minimum Gasteiger partial charge on any atom is -0.390 e. The number of hydrogen-bond acceptors (Lipinski definition) is 4. The Bertz CT molecular complexity index is 170. The molecule has 0 aliphatic carbocycles. The van der Waals surface area contributed by atoms with Gasteiger partial charge in [-0.1, -0.05) is 13.8 Å². The van der Waals surface area contributed by atoms with Gasteiger partial charge >= 0.3 is 0 Å². The summed E-state index contributed by atoms with van der Waals surface area (Å²) >= 11 is 2.05. The van der Waals surface area contributed by atoms with Crippen molar-refractivity contribution in [2.24, 2.45) is 5.92 Å². The fourth-order valence-electron chi connectivity index (χ4n) is 2.04. The van der Waals surface area contributed by atoms with Crippen molar-refractivity contribution in [3.63, 3.8) is 0 Å². The van der Waals surface area contributed by atoms with E-state index in [1.165, 1.54) is 17.9 Å². The summed E-state index contributed by atoms with van der Waals surface area (Å²) in [5.41, 5.74) is 0. The van der Waals surface area contributed by atoms with E-state index in [-0.39, 0.29) is 6.10 Å². The predicted molar refractivity (Wildman–Crippen MR) is 72.1 cm³/mol. The minimum atomic E-state index is -0.228. The lowest BCUT2D eigenvalue weighted by molar-refractivity contribution is 0.116. The van der Waals surface area contributed by atoms with Gasteiger partial charge < -0.3 is 15.3 Å². The monoisotopic (exact) mass is 246 g/mol. The lowest BCUT2D eigenvalue weighted by atomic mass is 10.1. The molecular formula is C12H26N2OS. The standard InChI is InChI=1S/C12H26N2OS/c1-3-14(4-2)9-12(15)8-13-7-11-5-6-16-10-11/h11-13,15H,3-10H2,1-2H3. The Morgan fingerprint density at radius 2 is 2.19 bits per heavy atom. The fourth-order valence-corrected chi connectivity index (χ4v) is 3.33. The second-order valence-electron chi connectivity index (χ2n) is 4.53. The van der Waals surface area contributed by atoms with Crippen LogP contribution < -0.4 is 5.32 Å². The van der Waals surface area contributed by atoms with Crippen LogP contribution in [0.5, 0.6) is 0 Å². The molecule has 0 aromatic heterocycles. The zero-order valence-corrected chi connectivity index (χ0v) is 11.4. The maximum absolute atomic E-state index is 9.85.